The molecule has 0 radical (unpaired) electrons. The second kappa shape index (κ2) is 6.22. The first-order valence-corrected chi connectivity index (χ1v) is 7.92. The van der Waals surface area contributed by atoms with E-state index in [4.69, 9.17) is 4.74 Å². The molecule has 1 saturated carbocycles. The molecule has 5 heteroatoms. The summed E-state index contributed by atoms with van der Waals surface area (Å²) in [6.07, 6.45) is 1.13. The number of carboxylic acids is 1. The molecule has 5 nitrogen and oxygen atoms in total. The van der Waals surface area contributed by atoms with Gasteiger partial charge in [-0.05, 0) is 52.0 Å². The largest absolute Gasteiger partial charge is 0.481 e. The van der Waals surface area contributed by atoms with Gasteiger partial charge in [0.2, 0.25) is 0 Å². The molecule has 1 aliphatic carbocycles. The lowest BCUT2D eigenvalue weighted by atomic mass is 9.75. The van der Waals surface area contributed by atoms with Gasteiger partial charge in [-0.1, -0.05) is 29.8 Å². The van der Waals surface area contributed by atoms with Crippen LogP contribution in [0.4, 0.5) is 4.79 Å². The molecule has 1 unspecified atom stereocenters. The third-order valence-corrected chi connectivity index (χ3v) is 4.10. The highest BCUT2D eigenvalue weighted by molar-refractivity contribution is 5.84. The zero-order valence-electron chi connectivity index (χ0n) is 14.2. The summed E-state index contributed by atoms with van der Waals surface area (Å²) < 4.78 is 5.23. The van der Waals surface area contributed by atoms with Gasteiger partial charge in [-0.25, -0.2) is 4.79 Å². The molecule has 1 amide bonds. The summed E-state index contributed by atoms with van der Waals surface area (Å²) >= 11 is 0. The van der Waals surface area contributed by atoms with E-state index in [1.54, 1.807) is 20.8 Å². The molecule has 0 bridgehead atoms. The van der Waals surface area contributed by atoms with Gasteiger partial charge in [-0.15, -0.1) is 0 Å². The van der Waals surface area contributed by atoms with E-state index in [2.05, 4.69) is 5.32 Å². The standard InChI is InChI=1S/C18H25NO4/c1-12-6-5-7-14(10-12)18(15(20)21,13-8-9-13)11-19-16(22)23-17(2,3)4/h5-7,10,13H,8-9,11H2,1-4H3,(H,19,22)(H,20,21). The van der Waals surface area contributed by atoms with Gasteiger partial charge in [-0.2, -0.15) is 0 Å². The van der Waals surface area contributed by atoms with Crippen molar-refractivity contribution in [2.24, 2.45) is 5.92 Å². The molecule has 1 aromatic carbocycles. The number of aliphatic carboxylic acids is 1. The Morgan fingerprint density at radius 2 is 1.96 bits per heavy atom. The van der Waals surface area contributed by atoms with Crippen LogP contribution in [-0.2, 0) is 14.9 Å². The minimum Gasteiger partial charge on any atom is -0.481 e. The van der Waals surface area contributed by atoms with Crippen molar-refractivity contribution in [2.75, 3.05) is 6.54 Å². The maximum atomic E-state index is 12.1. The molecular formula is C18H25NO4. The van der Waals surface area contributed by atoms with Crippen molar-refractivity contribution in [3.05, 3.63) is 35.4 Å². The molecule has 2 rings (SSSR count). The molecule has 1 aromatic rings. The molecule has 0 saturated heterocycles. The molecular weight excluding hydrogens is 294 g/mol. The first-order valence-electron chi connectivity index (χ1n) is 7.92. The lowest BCUT2D eigenvalue weighted by Gasteiger charge is -2.31. The van der Waals surface area contributed by atoms with Gasteiger partial charge in [0.1, 0.15) is 11.0 Å². The number of carboxylic acid groups (broad SMARTS) is 1. The number of benzene rings is 1. The number of aryl methyl sites for hydroxylation is 1. The summed E-state index contributed by atoms with van der Waals surface area (Å²) in [5.41, 5.74) is 0.0385. The van der Waals surface area contributed by atoms with Gasteiger partial charge in [-0.3, -0.25) is 4.79 Å². The summed E-state index contributed by atoms with van der Waals surface area (Å²) in [5, 5.41) is 12.6. The third kappa shape index (κ3) is 4.03. The lowest BCUT2D eigenvalue weighted by molar-refractivity contribution is -0.144. The highest BCUT2D eigenvalue weighted by Gasteiger charge is 2.52. The average molecular weight is 319 g/mol. The van der Waals surface area contributed by atoms with E-state index < -0.39 is 23.1 Å². The minimum atomic E-state index is -1.09. The van der Waals surface area contributed by atoms with Crippen LogP contribution in [-0.4, -0.2) is 29.3 Å². The Balaban J connectivity index is 2.25. The van der Waals surface area contributed by atoms with Crippen LogP contribution >= 0.6 is 0 Å². The van der Waals surface area contributed by atoms with Crippen molar-refractivity contribution < 1.29 is 19.4 Å². The third-order valence-electron chi connectivity index (χ3n) is 4.10. The SMILES string of the molecule is Cc1cccc(C(CNC(=O)OC(C)(C)C)(C(=O)O)C2CC2)c1. The Kier molecular flexibility index (Phi) is 4.68. The minimum absolute atomic E-state index is 0.0331. The Morgan fingerprint density at radius 1 is 1.30 bits per heavy atom. The highest BCUT2D eigenvalue weighted by Crippen LogP contribution is 2.47. The molecule has 1 atom stereocenters. The van der Waals surface area contributed by atoms with Crippen molar-refractivity contribution in [1.29, 1.82) is 0 Å². The number of ether oxygens (including phenoxy) is 1. The van der Waals surface area contributed by atoms with Gasteiger partial charge in [0.15, 0.2) is 0 Å². The van der Waals surface area contributed by atoms with Crippen molar-refractivity contribution in [2.45, 2.75) is 51.6 Å². The summed E-state index contributed by atoms with van der Waals surface area (Å²) in [4.78, 5) is 24.1. The Bertz CT molecular complexity index is 601. The van der Waals surface area contributed by atoms with E-state index in [0.717, 1.165) is 24.0 Å². The zero-order chi connectivity index (χ0) is 17.3. The van der Waals surface area contributed by atoms with Crippen LogP contribution in [0.3, 0.4) is 0 Å². The van der Waals surface area contributed by atoms with Crippen LogP contribution in [0.1, 0.15) is 44.7 Å². The Morgan fingerprint density at radius 3 is 2.43 bits per heavy atom. The second-order valence-electron chi connectivity index (χ2n) is 7.28. The molecule has 126 valence electrons. The van der Waals surface area contributed by atoms with Crippen LogP contribution in [0.25, 0.3) is 0 Å². The maximum absolute atomic E-state index is 12.1. The fourth-order valence-corrected chi connectivity index (χ4v) is 2.88. The van der Waals surface area contributed by atoms with E-state index in [1.165, 1.54) is 0 Å². The number of hydrogen-bond acceptors (Lipinski definition) is 3. The van der Waals surface area contributed by atoms with Gasteiger partial charge in [0, 0.05) is 6.54 Å². The number of carbonyl (C=O) groups is 2. The lowest BCUT2D eigenvalue weighted by Crippen LogP contribution is -2.49. The average Bonchev–Trinajstić information content (AvgIpc) is 3.22. The molecule has 2 N–H and O–H groups in total. The summed E-state index contributed by atoms with van der Waals surface area (Å²) in [5.74, 6) is -0.863. The van der Waals surface area contributed by atoms with Gasteiger partial charge < -0.3 is 15.2 Å². The fraction of sp³-hybridized carbons (Fsp3) is 0.556. The van der Waals surface area contributed by atoms with E-state index in [9.17, 15) is 14.7 Å². The van der Waals surface area contributed by atoms with Crippen molar-refractivity contribution in [3.8, 4) is 0 Å². The van der Waals surface area contributed by atoms with E-state index in [0.29, 0.717) is 0 Å². The first kappa shape index (κ1) is 17.3. The Labute approximate surface area is 137 Å². The topological polar surface area (TPSA) is 75.6 Å². The number of amides is 1. The van der Waals surface area contributed by atoms with E-state index in [-0.39, 0.29) is 12.5 Å². The number of alkyl carbamates (subject to hydrolysis) is 1. The number of carbonyl (C=O) groups excluding carboxylic acids is 1. The number of hydrogen-bond donors (Lipinski definition) is 2. The van der Waals surface area contributed by atoms with Gasteiger partial charge in [0.05, 0.1) is 0 Å². The van der Waals surface area contributed by atoms with Crippen LogP contribution in [0, 0.1) is 12.8 Å². The number of nitrogens with one attached hydrogen (secondary N) is 1. The summed E-state index contributed by atoms with van der Waals surface area (Å²) in [6.45, 7) is 7.30. The van der Waals surface area contributed by atoms with Crippen LogP contribution in [0.2, 0.25) is 0 Å². The normalized spacial score (nSPS) is 17.2. The number of rotatable bonds is 5. The van der Waals surface area contributed by atoms with Crippen LogP contribution in [0.5, 0.6) is 0 Å². The molecule has 0 aliphatic heterocycles. The quantitative estimate of drug-likeness (QED) is 0.873. The molecule has 1 fully saturated rings. The molecule has 0 spiro atoms. The molecule has 0 aromatic heterocycles. The van der Waals surface area contributed by atoms with Crippen LogP contribution < -0.4 is 5.32 Å². The maximum Gasteiger partial charge on any atom is 0.407 e. The van der Waals surface area contributed by atoms with Gasteiger partial charge in [0.25, 0.3) is 0 Å². The summed E-state index contributed by atoms with van der Waals surface area (Å²) in [7, 11) is 0. The fourth-order valence-electron chi connectivity index (χ4n) is 2.88. The van der Waals surface area contributed by atoms with Gasteiger partial charge >= 0.3 is 12.1 Å². The molecule has 0 heterocycles. The molecule has 1 aliphatic rings. The summed E-state index contributed by atoms with van der Waals surface area (Å²) in [6, 6.07) is 7.52. The molecule has 23 heavy (non-hydrogen) atoms. The predicted molar refractivity (Wildman–Crippen MR) is 87.5 cm³/mol. The first-order chi connectivity index (χ1) is 10.6. The second-order valence-corrected chi connectivity index (χ2v) is 7.28. The smallest absolute Gasteiger partial charge is 0.407 e. The predicted octanol–water partition coefficient (Wildman–Crippen LogP) is 3.25. The van der Waals surface area contributed by atoms with Crippen LogP contribution in [0.15, 0.2) is 24.3 Å². The van der Waals surface area contributed by atoms with Crippen molar-refractivity contribution >= 4 is 12.1 Å². The highest BCUT2D eigenvalue weighted by atomic mass is 16.6. The zero-order valence-corrected chi connectivity index (χ0v) is 14.2. The van der Waals surface area contributed by atoms with Crippen molar-refractivity contribution in [3.63, 3.8) is 0 Å². The monoisotopic (exact) mass is 319 g/mol. The Hall–Kier alpha value is -2.04. The van der Waals surface area contributed by atoms with Crippen molar-refractivity contribution in [1.82, 2.24) is 5.32 Å². The van der Waals surface area contributed by atoms with E-state index >= 15 is 0 Å². The van der Waals surface area contributed by atoms with E-state index in [1.807, 2.05) is 31.2 Å².